The van der Waals surface area contributed by atoms with Crippen molar-refractivity contribution in [3.8, 4) is 11.1 Å². The van der Waals surface area contributed by atoms with Crippen LogP contribution >= 0.6 is 0 Å². The number of nitrogens with zero attached hydrogens (tertiary/aromatic N) is 3. The Kier molecular flexibility index (Phi) is 8.10. The second-order valence-corrected chi connectivity index (χ2v) is 9.35. The second-order valence-electron chi connectivity index (χ2n) is 9.35. The van der Waals surface area contributed by atoms with Gasteiger partial charge in [0.2, 0.25) is 5.95 Å². The van der Waals surface area contributed by atoms with E-state index in [1.807, 2.05) is 36.7 Å². The predicted octanol–water partition coefficient (Wildman–Crippen LogP) is 4.88. The van der Waals surface area contributed by atoms with E-state index < -0.39 is 0 Å². The van der Waals surface area contributed by atoms with Crippen molar-refractivity contribution in [3.63, 3.8) is 0 Å². The number of aromatic nitrogens is 2. The number of carbonyl (C=O) groups excluding carboxylic acids is 1. The SMILES string of the molecule is CC1CCCCN1CCCNC(=O)c1cccc(-c2cnc(NC3CCCCC3)nc2)c1. The van der Waals surface area contributed by atoms with Crippen LogP contribution in [0.25, 0.3) is 11.1 Å². The third kappa shape index (κ3) is 6.28. The number of hydrogen-bond acceptors (Lipinski definition) is 5. The highest BCUT2D eigenvalue weighted by molar-refractivity contribution is 5.95. The standard InChI is InChI=1S/C26H37N5O/c1-20-9-5-6-15-31(20)16-8-14-27-25(32)22-11-7-10-21(17-22)23-18-28-26(29-19-23)30-24-12-3-2-4-13-24/h7,10-11,17-20,24H,2-6,8-9,12-16H2,1H3,(H,27,32)(H,28,29,30). The Hall–Kier alpha value is -2.47. The molecule has 0 radical (unpaired) electrons. The average Bonchev–Trinajstić information content (AvgIpc) is 2.84. The molecule has 1 unspecified atom stereocenters. The molecule has 1 aromatic heterocycles. The van der Waals surface area contributed by atoms with Gasteiger partial charge in [0.1, 0.15) is 0 Å². The predicted molar refractivity (Wildman–Crippen MR) is 130 cm³/mol. The Labute approximate surface area is 192 Å². The van der Waals surface area contributed by atoms with Crippen LogP contribution in [0.3, 0.4) is 0 Å². The minimum atomic E-state index is -0.0185. The molecule has 32 heavy (non-hydrogen) atoms. The van der Waals surface area contributed by atoms with E-state index in [-0.39, 0.29) is 5.91 Å². The van der Waals surface area contributed by atoms with Crippen molar-refractivity contribution >= 4 is 11.9 Å². The van der Waals surface area contributed by atoms with Crippen molar-refractivity contribution in [2.24, 2.45) is 0 Å². The van der Waals surface area contributed by atoms with Crippen LogP contribution < -0.4 is 10.6 Å². The van der Waals surface area contributed by atoms with E-state index in [0.717, 1.165) is 24.1 Å². The van der Waals surface area contributed by atoms with Gasteiger partial charge < -0.3 is 15.5 Å². The van der Waals surface area contributed by atoms with E-state index >= 15 is 0 Å². The number of carbonyl (C=O) groups is 1. The van der Waals surface area contributed by atoms with Gasteiger partial charge in [-0.05, 0) is 63.3 Å². The first-order valence-electron chi connectivity index (χ1n) is 12.4. The topological polar surface area (TPSA) is 70.2 Å². The number of nitrogens with one attached hydrogen (secondary N) is 2. The molecule has 0 bridgehead atoms. The van der Waals surface area contributed by atoms with Crippen molar-refractivity contribution in [2.45, 2.75) is 76.8 Å². The number of rotatable bonds is 8. The molecule has 0 spiro atoms. The second kappa shape index (κ2) is 11.4. The zero-order valence-corrected chi connectivity index (χ0v) is 19.4. The van der Waals surface area contributed by atoms with Gasteiger partial charge in [0.25, 0.3) is 5.91 Å². The van der Waals surface area contributed by atoms with Gasteiger partial charge in [0.15, 0.2) is 0 Å². The molecule has 6 heteroatoms. The number of benzene rings is 1. The van der Waals surface area contributed by atoms with Crippen LogP contribution in [0.5, 0.6) is 0 Å². The van der Waals surface area contributed by atoms with E-state index in [2.05, 4.69) is 32.4 Å². The van der Waals surface area contributed by atoms with Crippen molar-refractivity contribution in [1.29, 1.82) is 0 Å². The minimum Gasteiger partial charge on any atom is -0.352 e. The van der Waals surface area contributed by atoms with Crippen molar-refractivity contribution in [3.05, 3.63) is 42.2 Å². The summed E-state index contributed by atoms with van der Waals surface area (Å²) in [5.41, 5.74) is 2.56. The van der Waals surface area contributed by atoms with Crippen LogP contribution in [0.15, 0.2) is 36.7 Å². The number of amides is 1. The molecule has 1 atom stereocenters. The average molecular weight is 436 g/mol. The summed E-state index contributed by atoms with van der Waals surface area (Å²) in [6, 6.07) is 8.87. The molecule has 2 N–H and O–H groups in total. The van der Waals surface area contributed by atoms with Crippen molar-refractivity contribution < 1.29 is 4.79 Å². The third-order valence-electron chi connectivity index (χ3n) is 6.90. The van der Waals surface area contributed by atoms with Crippen LogP contribution in [-0.2, 0) is 0 Å². The fourth-order valence-corrected chi connectivity index (χ4v) is 4.90. The summed E-state index contributed by atoms with van der Waals surface area (Å²) in [6.45, 7) is 5.26. The highest BCUT2D eigenvalue weighted by Crippen LogP contribution is 2.22. The number of piperidine rings is 1. The summed E-state index contributed by atoms with van der Waals surface area (Å²) < 4.78 is 0. The van der Waals surface area contributed by atoms with Crippen molar-refractivity contribution in [1.82, 2.24) is 20.2 Å². The molecule has 1 aromatic carbocycles. The molecule has 1 saturated heterocycles. The molecule has 2 aliphatic rings. The van der Waals surface area contributed by atoms with Gasteiger partial charge >= 0.3 is 0 Å². The highest BCUT2D eigenvalue weighted by Gasteiger charge is 2.17. The van der Waals surface area contributed by atoms with E-state index in [0.29, 0.717) is 30.1 Å². The fourth-order valence-electron chi connectivity index (χ4n) is 4.90. The van der Waals surface area contributed by atoms with Crippen LogP contribution in [-0.4, -0.2) is 52.5 Å². The molecule has 172 valence electrons. The lowest BCUT2D eigenvalue weighted by molar-refractivity contribution is 0.0949. The third-order valence-corrected chi connectivity index (χ3v) is 6.90. The summed E-state index contributed by atoms with van der Waals surface area (Å²) in [4.78, 5) is 24.2. The maximum Gasteiger partial charge on any atom is 0.251 e. The zero-order valence-electron chi connectivity index (χ0n) is 19.4. The number of likely N-dealkylation sites (tertiary alicyclic amines) is 1. The highest BCUT2D eigenvalue weighted by atomic mass is 16.1. The monoisotopic (exact) mass is 435 g/mol. The Bertz CT molecular complexity index is 863. The largest absolute Gasteiger partial charge is 0.352 e. The molecular formula is C26H37N5O. The Morgan fingerprint density at radius 2 is 1.81 bits per heavy atom. The van der Waals surface area contributed by atoms with E-state index in [4.69, 9.17) is 0 Å². The van der Waals surface area contributed by atoms with E-state index in [1.54, 1.807) is 0 Å². The van der Waals surface area contributed by atoms with Gasteiger partial charge in [-0.2, -0.15) is 0 Å². The molecule has 2 aromatic rings. The molecule has 1 saturated carbocycles. The summed E-state index contributed by atoms with van der Waals surface area (Å²) >= 11 is 0. The maximum absolute atomic E-state index is 12.7. The molecule has 1 amide bonds. The van der Waals surface area contributed by atoms with Gasteiger partial charge in [-0.25, -0.2) is 9.97 Å². The fraction of sp³-hybridized carbons (Fsp3) is 0.577. The minimum absolute atomic E-state index is 0.0185. The molecule has 1 aliphatic heterocycles. The lowest BCUT2D eigenvalue weighted by atomic mass is 9.96. The van der Waals surface area contributed by atoms with Crippen molar-refractivity contribution in [2.75, 3.05) is 25.0 Å². The lowest BCUT2D eigenvalue weighted by Gasteiger charge is -2.33. The maximum atomic E-state index is 12.7. The quantitative estimate of drug-likeness (QED) is 0.578. The molecule has 2 heterocycles. The van der Waals surface area contributed by atoms with Gasteiger partial charge in [0.05, 0.1) is 0 Å². The van der Waals surface area contributed by atoms with Crippen LogP contribution in [0.4, 0.5) is 5.95 Å². The Morgan fingerprint density at radius 1 is 1.03 bits per heavy atom. The zero-order chi connectivity index (χ0) is 22.2. The van der Waals surface area contributed by atoms with E-state index in [1.165, 1.54) is 57.9 Å². The molecule has 2 fully saturated rings. The smallest absolute Gasteiger partial charge is 0.251 e. The molecule has 6 nitrogen and oxygen atoms in total. The summed E-state index contributed by atoms with van der Waals surface area (Å²) in [5.74, 6) is 0.674. The summed E-state index contributed by atoms with van der Waals surface area (Å²) in [6.07, 6.45) is 14.9. The summed E-state index contributed by atoms with van der Waals surface area (Å²) in [7, 11) is 0. The number of hydrogen-bond donors (Lipinski definition) is 2. The van der Waals surface area contributed by atoms with Crippen LogP contribution in [0, 0.1) is 0 Å². The van der Waals surface area contributed by atoms with Gasteiger partial charge in [-0.15, -0.1) is 0 Å². The lowest BCUT2D eigenvalue weighted by Crippen LogP contribution is -2.39. The summed E-state index contributed by atoms with van der Waals surface area (Å²) in [5, 5.41) is 6.53. The first kappa shape index (κ1) is 22.7. The van der Waals surface area contributed by atoms with Gasteiger partial charge in [-0.1, -0.05) is 37.8 Å². The first-order valence-corrected chi connectivity index (χ1v) is 12.4. The van der Waals surface area contributed by atoms with Gasteiger partial charge in [0, 0.05) is 48.7 Å². The Morgan fingerprint density at radius 3 is 2.59 bits per heavy atom. The Balaban J connectivity index is 1.28. The molecular weight excluding hydrogens is 398 g/mol. The molecule has 4 rings (SSSR count). The normalized spacial score (nSPS) is 20.1. The van der Waals surface area contributed by atoms with E-state index in [9.17, 15) is 4.79 Å². The van der Waals surface area contributed by atoms with Gasteiger partial charge in [-0.3, -0.25) is 4.79 Å². The first-order chi connectivity index (χ1) is 15.7. The molecule has 1 aliphatic carbocycles. The van der Waals surface area contributed by atoms with Crippen LogP contribution in [0.1, 0.15) is 75.1 Å². The number of anilines is 1. The van der Waals surface area contributed by atoms with Crippen LogP contribution in [0.2, 0.25) is 0 Å².